The van der Waals surface area contributed by atoms with Gasteiger partial charge in [-0.05, 0) is 58.1 Å². The lowest BCUT2D eigenvalue weighted by Crippen LogP contribution is -2.34. The Morgan fingerprint density at radius 2 is 2.26 bits per heavy atom. The molecule has 4 heteroatoms. The van der Waals surface area contributed by atoms with Crippen LogP contribution >= 0.6 is 0 Å². The van der Waals surface area contributed by atoms with Gasteiger partial charge in [0.05, 0.1) is 0 Å². The largest absolute Gasteiger partial charge is 0.384 e. The molecule has 1 aliphatic rings. The van der Waals surface area contributed by atoms with Gasteiger partial charge in [0.1, 0.15) is 0 Å². The van der Waals surface area contributed by atoms with Crippen LogP contribution in [0.3, 0.4) is 0 Å². The normalized spacial score (nSPS) is 14.9. The first-order valence-electron chi connectivity index (χ1n) is 6.88. The zero-order chi connectivity index (χ0) is 13.8. The molecule has 0 aromatic heterocycles. The van der Waals surface area contributed by atoms with Gasteiger partial charge in [-0.1, -0.05) is 6.07 Å². The van der Waals surface area contributed by atoms with Gasteiger partial charge in [0.15, 0.2) is 0 Å². The molecule has 4 nitrogen and oxygen atoms in total. The Morgan fingerprint density at radius 3 is 3.00 bits per heavy atom. The molecular weight excluding hydrogens is 238 g/mol. The van der Waals surface area contributed by atoms with Crippen LogP contribution in [0.15, 0.2) is 18.2 Å². The predicted molar refractivity (Wildman–Crippen MR) is 78.7 cm³/mol. The SMILES string of the molecule is CC(CCN(C)C)NC(=O)c1ccc2c(c1)NCC2. The highest BCUT2D eigenvalue weighted by Crippen LogP contribution is 2.23. The maximum absolute atomic E-state index is 12.1. The number of hydrogen-bond acceptors (Lipinski definition) is 3. The van der Waals surface area contributed by atoms with Gasteiger partial charge < -0.3 is 15.5 Å². The molecule has 2 N–H and O–H groups in total. The Bertz CT molecular complexity index is 457. The summed E-state index contributed by atoms with van der Waals surface area (Å²) in [6, 6.07) is 6.11. The molecule has 1 amide bonds. The molecule has 0 spiro atoms. The van der Waals surface area contributed by atoms with Crippen LogP contribution in [0.5, 0.6) is 0 Å². The lowest BCUT2D eigenvalue weighted by molar-refractivity contribution is 0.0937. The third-order valence-electron chi connectivity index (χ3n) is 3.47. The van der Waals surface area contributed by atoms with Crippen LogP contribution < -0.4 is 10.6 Å². The molecule has 1 aromatic rings. The third kappa shape index (κ3) is 3.70. The second kappa shape index (κ2) is 6.06. The molecule has 104 valence electrons. The Kier molecular flexibility index (Phi) is 4.43. The topological polar surface area (TPSA) is 44.4 Å². The highest BCUT2D eigenvalue weighted by Gasteiger charge is 2.14. The van der Waals surface area contributed by atoms with Crippen molar-refractivity contribution in [2.75, 3.05) is 32.5 Å². The minimum Gasteiger partial charge on any atom is -0.384 e. The second-order valence-electron chi connectivity index (χ2n) is 5.52. The number of benzene rings is 1. The maximum Gasteiger partial charge on any atom is 0.251 e. The number of nitrogens with one attached hydrogen (secondary N) is 2. The molecule has 0 radical (unpaired) electrons. The molecule has 1 aliphatic heterocycles. The van der Waals surface area contributed by atoms with Gasteiger partial charge in [-0.2, -0.15) is 0 Å². The zero-order valence-electron chi connectivity index (χ0n) is 12.0. The first kappa shape index (κ1) is 13.9. The monoisotopic (exact) mass is 261 g/mol. The average Bonchev–Trinajstić information content (AvgIpc) is 2.83. The van der Waals surface area contributed by atoms with E-state index in [2.05, 4.69) is 21.6 Å². The third-order valence-corrected chi connectivity index (χ3v) is 3.47. The Balaban J connectivity index is 1.92. The van der Waals surface area contributed by atoms with Crippen molar-refractivity contribution in [2.45, 2.75) is 25.8 Å². The fourth-order valence-electron chi connectivity index (χ4n) is 2.26. The number of rotatable bonds is 5. The number of hydrogen-bond donors (Lipinski definition) is 2. The quantitative estimate of drug-likeness (QED) is 0.848. The van der Waals surface area contributed by atoms with Crippen molar-refractivity contribution in [1.29, 1.82) is 0 Å². The van der Waals surface area contributed by atoms with Gasteiger partial charge >= 0.3 is 0 Å². The predicted octanol–water partition coefficient (Wildman–Crippen LogP) is 1.72. The van der Waals surface area contributed by atoms with Crippen LogP contribution in [0.1, 0.15) is 29.3 Å². The Hall–Kier alpha value is -1.55. The van der Waals surface area contributed by atoms with Crippen molar-refractivity contribution in [3.63, 3.8) is 0 Å². The molecule has 1 unspecified atom stereocenters. The van der Waals surface area contributed by atoms with Crippen LogP contribution in [0.4, 0.5) is 5.69 Å². The van der Waals surface area contributed by atoms with E-state index in [-0.39, 0.29) is 11.9 Å². The van der Waals surface area contributed by atoms with E-state index in [1.165, 1.54) is 5.56 Å². The highest BCUT2D eigenvalue weighted by atomic mass is 16.1. The van der Waals surface area contributed by atoms with Gasteiger partial charge in [-0.3, -0.25) is 4.79 Å². The van der Waals surface area contributed by atoms with Gasteiger partial charge in [-0.25, -0.2) is 0 Å². The molecule has 0 fully saturated rings. The number of carbonyl (C=O) groups excluding carboxylic acids is 1. The molecule has 1 atom stereocenters. The summed E-state index contributed by atoms with van der Waals surface area (Å²) in [6.07, 6.45) is 2.01. The van der Waals surface area contributed by atoms with Gasteiger partial charge in [0.2, 0.25) is 0 Å². The summed E-state index contributed by atoms with van der Waals surface area (Å²) >= 11 is 0. The van der Waals surface area contributed by atoms with E-state index in [0.717, 1.165) is 37.2 Å². The van der Waals surface area contributed by atoms with E-state index in [9.17, 15) is 4.79 Å². The van der Waals surface area contributed by atoms with E-state index in [1.807, 2.05) is 33.2 Å². The summed E-state index contributed by atoms with van der Waals surface area (Å²) in [5, 5.41) is 6.35. The average molecular weight is 261 g/mol. The van der Waals surface area contributed by atoms with E-state index < -0.39 is 0 Å². The van der Waals surface area contributed by atoms with E-state index in [4.69, 9.17) is 0 Å². The van der Waals surface area contributed by atoms with Crippen LogP contribution in [-0.2, 0) is 6.42 Å². The minimum absolute atomic E-state index is 0.0164. The fourth-order valence-corrected chi connectivity index (χ4v) is 2.26. The Labute approximate surface area is 115 Å². The lowest BCUT2D eigenvalue weighted by atomic mass is 10.1. The summed E-state index contributed by atoms with van der Waals surface area (Å²) in [4.78, 5) is 14.3. The maximum atomic E-state index is 12.1. The summed E-state index contributed by atoms with van der Waals surface area (Å²) in [7, 11) is 4.08. The van der Waals surface area contributed by atoms with Gasteiger partial charge in [-0.15, -0.1) is 0 Å². The van der Waals surface area contributed by atoms with Crippen molar-refractivity contribution < 1.29 is 4.79 Å². The lowest BCUT2D eigenvalue weighted by Gasteiger charge is -2.17. The number of nitrogens with zero attached hydrogens (tertiary/aromatic N) is 1. The second-order valence-corrected chi connectivity index (χ2v) is 5.52. The number of amides is 1. The molecular formula is C15H23N3O. The van der Waals surface area contributed by atoms with Gasteiger partial charge in [0.25, 0.3) is 5.91 Å². The fraction of sp³-hybridized carbons (Fsp3) is 0.533. The van der Waals surface area contributed by atoms with Crippen molar-refractivity contribution in [3.8, 4) is 0 Å². The summed E-state index contributed by atoms with van der Waals surface area (Å²) in [5.74, 6) is 0.0164. The molecule has 2 rings (SSSR count). The minimum atomic E-state index is 0.0164. The molecule has 0 bridgehead atoms. The molecule has 1 aromatic carbocycles. The van der Waals surface area contributed by atoms with Crippen LogP contribution in [0, 0.1) is 0 Å². The number of carbonyl (C=O) groups is 1. The van der Waals surface area contributed by atoms with Crippen molar-refractivity contribution in [2.24, 2.45) is 0 Å². The van der Waals surface area contributed by atoms with E-state index in [1.54, 1.807) is 0 Å². The van der Waals surface area contributed by atoms with Crippen molar-refractivity contribution >= 4 is 11.6 Å². The summed E-state index contributed by atoms with van der Waals surface area (Å²) < 4.78 is 0. The number of fused-ring (bicyclic) bond motifs is 1. The zero-order valence-corrected chi connectivity index (χ0v) is 12.0. The molecule has 0 aliphatic carbocycles. The smallest absolute Gasteiger partial charge is 0.251 e. The van der Waals surface area contributed by atoms with Crippen molar-refractivity contribution in [3.05, 3.63) is 29.3 Å². The highest BCUT2D eigenvalue weighted by molar-refractivity contribution is 5.95. The Morgan fingerprint density at radius 1 is 1.47 bits per heavy atom. The molecule has 0 saturated carbocycles. The summed E-state index contributed by atoms with van der Waals surface area (Å²) in [5.41, 5.74) is 3.15. The van der Waals surface area contributed by atoms with Crippen LogP contribution in [-0.4, -0.2) is 44.0 Å². The number of anilines is 1. The van der Waals surface area contributed by atoms with Crippen molar-refractivity contribution in [1.82, 2.24) is 10.2 Å². The van der Waals surface area contributed by atoms with E-state index >= 15 is 0 Å². The van der Waals surface area contributed by atoms with Gasteiger partial charge in [0, 0.05) is 23.8 Å². The van der Waals surface area contributed by atoms with Crippen LogP contribution in [0.2, 0.25) is 0 Å². The summed E-state index contributed by atoms with van der Waals surface area (Å²) in [6.45, 7) is 4.00. The molecule has 1 heterocycles. The first-order chi connectivity index (χ1) is 9.06. The standard InChI is InChI=1S/C15H23N3O/c1-11(7-9-18(2)3)17-15(19)13-5-4-12-6-8-16-14(12)10-13/h4-5,10-11,16H,6-9H2,1-3H3,(H,17,19). The van der Waals surface area contributed by atoms with E-state index in [0.29, 0.717) is 0 Å². The molecule has 19 heavy (non-hydrogen) atoms. The first-order valence-corrected chi connectivity index (χ1v) is 6.88. The van der Waals surface area contributed by atoms with Crippen LogP contribution in [0.25, 0.3) is 0 Å². The molecule has 0 saturated heterocycles.